The average Bonchev–Trinajstić information content (AvgIpc) is 2.93. The van der Waals surface area contributed by atoms with Crippen LogP contribution in [-0.2, 0) is 13.6 Å². The molecule has 2 N–H and O–H groups in total. The highest BCUT2D eigenvalue weighted by Gasteiger charge is 2.20. The molecule has 4 aromatic rings. The third-order valence-corrected chi connectivity index (χ3v) is 4.04. The summed E-state index contributed by atoms with van der Waals surface area (Å²) in [5.41, 5.74) is 3.03. The second kappa shape index (κ2) is 6.24. The number of imidazole rings is 1. The van der Waals surface area contributed by atoms with Gasteiger partial charge in [-0.15, -0.1) is 0 Å². The van der Waals surface area contributed by atoms with Crippen molar-refractivity contribution in [2.75, 3.05) is 5.32 Å². The van der Waals surface area contributed by atoms with Crippen molar-refractivity contribution in [2.24, 2.45) is 7.05 Å². The van der Waals surface area contributed by atoms with Gasteiger partial charge in [0.05, 0.1) is 13.6 Å². The van der Waals surface area contributed by atoms with E-state index in [0.29, 0.717) is 23.7 Å². The zero-order valence-electron chi connectivity index (χ0n) is 13.8. The van der Waals surface area contributed by atoms with Crippen LogP contribution < -0.4 is 15.4 Å². The van der Waals surface area contributed by atoms with E-state index >= 15 is 0 Å². The first-order valence-corrected chi connectivity index (χ1v) is 8.05. The molecule has 0 amide bonds. The molecule has 0 aliphatic heterocycles. The third-order valence-electron chi connectivity index (χ3n) is 4.04. The Bertz CT molecular complexity index is 1070. The Kier molecular flexibility index (Phi) is 3.78. The van der Waals surface area contributed by atoms with Crippen molar-refractivity contribution in [3.05, 3.63) is 82.9 Å². The van der Waals surface area contributed by atoms with Crippen LogP contribution in [0.25, 0.3) is 11.2 Å². The number of benzene rings is 2. The van der Waals surface area contributed by atoms with Gasteiger partial charge in [-0.1, -0.05) is 53.5 Å². The molecule has 4 rings (SSSR count). The van der Waals surface area contributed by atoms with E-state index in [4.69, 9.17) is 0 Å². The van der Waals surface area contributed by atoms with Gasteiger partial charge in [0.2, 0.25) is 5.52 Å². The van der Waals surface area contributed by atoms with Crippen molar-refractivity contribution in [1.29, 1.82) is 0 Å². The summed E-state index contributed by atoms with van der Waals surface area (Å²) in [6, 6.07) is 19.7. The number of hydrogen-bond acceptors (Lipinski definition) is 3. The Hall–Kier alpha value is -3.41. The van der Waals surface area contributed by atoms with Gasteiger partial charge in [0, 0.05) is 5.69 Å². The Morgan fingerprint density at radius 2 is 1.76 bits per heavy atom. The standard InChI is InChI=1S/C19H17N5O/c1-23-13-24(12-14-8-4-2-5-9-14)16-17(23)21-19(22-18(16)25)20-15-10-6-3-7-11-15/h2-11,13H,12H2,1H3,(H-,20,21,22,25)/p+1. The minimum atomic E-state index is -0.167. The number of rotatable bonds is 4. The Labute approximate surface area is 144 Å². The molecule has 0 unspecified atom stereocenters. The van der Waals surface area contributed by atoms with Crippen LogP contribution in [0.2, 0.25) is 0 Å². The SMILES string of the molecule is C[n+]1cn(Cc2ccccc2)c2c(=O)[nH]c(Nc3ccccc3)nc21. The zero-order chi connectivity index (χ0) is 17.2. The fourth-order valence-corrected chi connectivity index (χ4v) is 2.90. The first kappa shape index (κ1) is 15.1. The summed E-state index contributed by atoms with van der Waals surface area (Å²) in [6.45, 7) is 0.619. The van der Waals surface area contributed by atoms with E-state index in [9.17, 15) is 4.79 Å². The van der Waals surface area contributed by atoms with Gasteiger partial charge in [-0.3, -0.25) is 14.3 Å². The van der Waals surface area contributed by atoms with Crippen molar-refractivity contribution in [3.8, 4) is 0 Å². The molecular formula is C19H18N5O+. The lowest BCUT2D eigenvalue weighted by Gasteiger charge is -2.02. The normalized spacial score (nSPS) is 10.9. The molecule has 0 aliphatic carbocycles. The predicted molar refractivity (Wildman–Crippen MR) is 96.8 cm³/mol. The summed E-state index contributed by atoms with van der Waals surface area (Å²) in [6.07, 6.45) is 1.90. The lowest BCUT2D eigenvalue weighted by atomic mass is 10.2. The fourth-order valence-electron chi connectivity index (χ4n) is 2.90. The maximum Gasteiger partial charge on any atom is 0.311 e. The van der Waals surface area contributed by atoms with Gasteiger partial charge in [0.1, 0.15) is 0 Å². The highest BCUT2D eigenvalue weighted by Crippen LogP contribution is 2.13. The van der Waals surface area contributed by atoms with Gasteiger partial charge >= 0.3 is 5.65 Å². The first-order valence-electron chi connectivity index (χ1n) is 8.05. The number of nitrogens with one attached hydrogen (secondary N) is 2. The molecule has 0 aliphatic rings. The lowest BCUT2D eigenvalue weighted by molar-refractivity contribution is -0.647. The van der Waals surface area contributed by atoms with Gasteiger partial charge in [0.15, 0.2) is 6.33 Å². The number of aryl methyl sites for hydroxylation is 1. The number of anilines is 2. The van der Waals surface area contributed by atoms with Crippen LogP contribution >= 0.6 is 0 Å². The largest absolute Gasteiger partial charge is 0.312 e. The minimum absolute atomic E-state index is 0.167. The summed E-state index contributed by atoms with van der Waals surface area (Å²) in [5.74, 6) is 0.428. The molecule has 6 nitrogen and oxygen atoms in total. The van der Waals surface area contributed by atoms with E-state index < -0.39 is 0 Å². The number of hydrogen-bond donors (Lipinski definition) is 2. The summed E-state index contributed by atoms with van der Waals surface area (Å²) in [5, 5.41) is 3.13. The number of fused-ring (bicyclic) bond motifs is 1. The third kappa shape index (κ3) is 3.01. The molecule has 2 aromatic carbocycles. The van der Waals surface area contributed by atoms with Gasteiger partial charge in [-0.05, 0) is 17.7 Å². The molecule has 0 radical (unpaired) electrons. The van der Waals surface area contributed by atoms with Crippen LogP contribution in [0, 0.1) is 0 Å². The predicted octanol–water partition coefficient (Wildman–Crippen LogP) is 2.34. The van der Waals surface area contributed by atoms with Gasteiger partial charge < -0.3 is 5.32 Å². The summed E-state index contributed by atoms with van der Waals surface area (Å²) >= 11 is 0. The summed E-state index contributed by atoms with van der Waals surface area (Å²) in [4.78, 5) is 20.0. The number of para-hydroxylation sites is 1. The van der Waals surface area contributed by atoms with Crippen LogP contribution in [0.4, 0.5) is 11.6 Å². The maximum atomic E-state index is 12.6. The van der Waals surface area contributed by atoms with E-state index in [1.165, 1.54) is 0 Å². The highest BCUT2D eigenvalue weighted by molar-refractivity contribution is 5.68. The van der Waals surface area contributed by atoms with E-state index in [2.05, 4.69) is 15.3 Å². The molecule has 0 saturated carbocycles. The van der Waals surface area contributed by atoms with Crippen molar-refractivity contribution in [1.82, 2.24) is 14.5 Å². The van der Waals surface area contributed by atoms with Gasteiger partial charge in [-0.2, -0.15) is 0 Å². The molecule has 124 valence electrons. The van der Waals surface area contributed by atoms with E-state index in [1.807, 2.05) is 83.2 Å². The Morgan fingerprint density at radius 3 is 2.48 bits per heavy atom. The molecule has 0 fully saturated rings. The quantitative estimate of drug-likeness (QED) is 0.564. The minimum Gasteiger partial charge on any atom is -0.312 e. The topological polar surface area (TPSA) is 66.6 Å². The van der Waals surface area contributed by atoms with Crippen molar-refractivity contribution in [2.45, 2.75) is 6.54 Å². The number of nitrogens with zero attached hydrogens (tertiary/aromatic N) is 3. The Morgan fingerprint density at radius 1 is 1.08 bits per heavy atom. The zero-order valence-corrected chi connectivity index (χ0v) is 13.8. The van der Waals surface area contributed by atoms with E-state index in [-0.39, 0.29) is 5.56 Å². The molecule has 0 saturated heterocycles. The van der Waals surface area contributed by atoms with Gasteiger partial charge in [-0.25, -0.2) is 4.57 Å². The molecule has 2 heterocycles. The number of H-pyrrole nitrogens is 1. The van der Waals surface area contributed by atoms with Crippen molar-refractivity contribution >= 4 is 22.8 Å². The van der Waals surface area contributed by atoms with Crippen LogP contribution in [0.3, 0.4) is 0 Å². The number of aromatic nitrogens is 4. The van der Waals surface area contributed by atoms with Crippen LogP contribution in [0.1, 0.15) is 5.56 Å². The molecule has 0 bridgehead atoms. The monoisotopic (exact) mass is 332 g/mol. The van der Waals surface area contributed by atoms with Crippen molar-refractivity contribution < 1.29 is 4.57 Å². The van der Waals surface area contributed by atoms with E-state index in [0.717, 1.165) is 11.3 Å². The molecule has 6 heteroatoms. The maximum absolute atomic E-state index is 12.6. The first-order chi connectivity index (χ1) is 12.2. The summed E-state index contributed by atoms with van der Waals surface area (Å²) in [7, 11) is 1.89. The molecule has 25 heavy (non-hydrogen) atoms. The average molecular weight is 332 g/mol. The highest BCUT2D eigenvalue weighted by atomic mass is 16.1. The Balaban J connectivity index is 1.75. The van der Waals surface area contributed by atoms with Crippen molar-refractivity contribution in [3.63, 3.8) is 0 Å². The summed E-state index contributed by atoms with van der Waals surface area (Å²) < 4.78 is 3.78. The molecule has 2 aromatic heterocycles. The second-order valence-electron chi connectivity index (χ2n) is 5.92. The second-order valence-corrected chi connectivity index (χ2v) is 5.92. The van der Waals surface area contributed by atoms with Crippen LogP contribution in [0.5, 0.6) is 0 Å². The lowest BCUT2D eigenvalue weighted by Crippen LogP contribution is -2.27. The van der Waals surface area contributed by atoms with Crippen LogP contribution in [0.15, 0.2) is 71.8 Å². The van der Waals surface area contributed by atoms with E-state index in [1.54, 1.807) is 0 Å². The number of aromatic amines is 1. The van der Waals surface area contributed by atoms with Crippen LogP contribution in [-0.4, -0.2) is 14.5 Å². The fraction of sp³-hybridized carbons (Fsp3) is 0.105. The van der Waals surface area contributed by atoms with Gasteiger partial charge in [0.25, 0.3) is 11.5 Å². The molecular weight excluding hydrogens is 314 g/mol. The smallest absolute Gasteiger partial charge is 0.311 e. The molecule has 0 atom stereocenters. The molecule has 0 spiro atoms.